The molecule has 128 valence electrons. The Balaban J connectivity index is 1.93. The van der Waals surface area contributed by atoms with Gasteiger partial charge in [0.1, 0.15) is 11.2 Å². The smallest absolute Gasteiger partial charge is 0.407 e. The number of ether oxygens (including phenoxy) is 1. The highest BCUT2D eigenvalue weighted by molar-refractivity contribution is 5.88. The Bertz CT molecular complexity index is 581. The standard InChI is InChI=1S/C16H25N3O4/c1-16(2,3)23-15(22)18-11-7-5-10(6-8-11)13-12(14(20)21)9-17-19(13)4/h9-11H,5-8H2,1-4H3,(H,18,22)(H,20,21). The van der Waals surface area contributed by atoms with Crippen molar-refractivity contribution in [3.63, 3.8) is 0 Å². The average Bonchev–Trinajstić information content (AvgIpc) is 2.79. The third kappa shape index (κ3) is 4.46. The number of aryl methyl sites for hydroxylation is 1. The van der Waals surface area contributed by atoms with Crippen LogP contribution < -0.4 is 5.32 Å². The number of hydrogen-bond acceptors (Lipinski definition) is 4. The largest absolute Gasteiger partial charge is 0.478 e. The van der Waals surface area contributed by atoms with Gasteiger partial charge in [0.25, 0.3) is 0 Å². The van der Waals surface area contributed by atoms with E-state index in [1.54, 1.807) is 11.7 Å². The second kappa shape index (κ2) is 6.60. The molecule has 0 spiro atoms. The van der Waals surface area contributed by atoms with Gasteiger partial charge in [0.2, 0.25) is 0 Å². The zero-order chi connectivity index (χ0) is 17.2. The molecule has 0 aromatic carbocycles. The maximum absolute atomic E-state index is 11.8. The molecule has 1 aliphatic carbocycles. The van der Waals surface area contributed by atoms with Crippen LogP contribution >= 0.6 is 0 Å². The molecule has 1 heterocycles. The van der Waals surface area contributed by atoms with Crippen molar-refractivity contribution in [2.75, 3.05) is 0 Å². The number of aromatic nitrogens is 2. The summed E-state index contributed by atoms with van der Waals surface area (Å²) in [6.07, 6.45) is 4.25. The molecule has 2 rings (SSSR count). The molecule has 0 bridgehead atoms. The summed E-state index contributed by atoms with van der Waals surface area (Å²) in [4.78, 5) is 23.1. The summed E-state index contributed by atoms with van der Waals surface area (Å²) >= 11 is 0. The number of hydrogen-bond donors (Lipinski definition) is 2. The highest BCUT2D eigenvalue weighted by Gasteiger charge is 2.29. The fourth-order valence-electron chi connectivity index (χ4n) is 3.08. The molecule has 2 N–H and O–H groups in total. The van der Waals surface area contributed by atoms with Crippen molar-refractivity contribution in [3.8, 4) is 0 Å². The van der Waals surface area contributed by atoms with Crippen LogP contribution in [0.2, 0.25) is 0 Å². The summed E-state index contributed by atoms with van der Waals surface area (Å²) in [6, 6.07) is 0.0719. The maximum atomic E-state index is 11.8. The van der Waals surface area contributed by atoms with Gasteiger partial charge in [0, 0.05) is 19.0 Å². The Labute approximate surface area is 136 Å². The van der Waals surface area contributed by atoms with E-state index in [9.17, 15) is 14.7 Å². The van der Waals surface area contributed by atoms with Gasteiger partial charge in [0.15, 0.2) is 0 Å². The van der Waals surface area contributed by atoms with E-state index in [4.69, 9.17) is 4.74 Å². The van der Waals surface area contributed by atoms with Crippen LogP contribution in [0.4, 0.5) is 4.79 Å². The van der Waals surface area contributed by atoms with Gasteiger partial charge >= 0.3 is 12.1 Å². The van der Waals surface area contributed by atoms with Crippen molar-refractivity contribution in [1.82, 2.24) is 15.1 Å². The minimum absolute atomic E-state index is 0.0719. The zero-order valence-corrected chi connectivity index (χ0v) is 14.1. The second-order valence-corrected chi connectivity index (χ2v) is 7.07. The Morgan fingerprint density at radius 1 is 1.30 bits per heavy atom. The number of carbonyl (C=O) groups is 2. The molecule has 1 amide bonds. The lowest BCUT2D eigenvalue weighted by Crippen LogP contribution is -2.40. The predicted molar refractivity (Wildman–Crippen MR) is 84.5 cm³/mol. The van der Waals surface area contributed by atoms with Crippen LogP contribution in [0, 0.1) is 0 Å². The van der Waals surface area contributed by atoms with Gasteiger partial charge in [-0.3, -0.25) is 4.68 Å². The Morgan fingerprint density at radius 2 is 1.91 bits per heavy atom. The average molecular weight is 323 g/mol. The summed E-state index contributed by atoms with van der Waals surface area (Å²) in [7, 11) is 1.77. The fourth-order valence-corrected chi connectivity index (χ4v) is 3.08. The van der Waals surface area contributed by atoms with E-state index < -0.39 is 17.7 Å². The van der Waals surface area contributed by atoms with Crippen LogP contribution in [0.1, 0.15) is 68.4 Å². The molecule has 0 unspecified atom stereocenters. The van der Waals surface area contributed by atoms with E-state index in [2.05, 4.69) is 10.4 Å². The minimum Gasteiger partial charge on any atom is -0.478 e. The van der Waals surface area contributed by atoms with E-state index in [0.29, 0.717) is 0 Å². The molecule has 0 aliphatic heterocycles. The second-order valence-electron chi connectivity index (χ2n) is 7.07. The third-order valence-electron chi connectivity index (χ3n) is 4.05. The number of carboxylic acid groups (broad SMARTS) is 1. The molecule has 7 heteroatoms. The molecule has 1 aliphatic rings. The monoisotopic (exact) mass is 323 g/mol. The molecule has 23 heavy (non-hydrogen) atoms. The van der Waals surface area contributed by atoms with Crippen molar-refractivity contribution in [3.05, 3.63) is 17.5 Å². The lowest BCUT2D eigenvalue weighted by atomic mass is 9.83. The van der Waals surface area contributed by atoms with E-state index >= 15 is 0 Å². The van der Waals surface area contributed by atoms with Crippen LogP contribution in [-0.2, 0) is 11.8 Å². The molecule has 1 fully saturated rings. The van der Waals surface area contributed by atoms with Gasteiger partial charge in [-0.05, 0) is 46.5 Å². The van der Waals surface area contributed by atoms with E-state index in [0.717, 1.165) is 31.4 Å². The number of amides is 1. The number of alkyl carbamates (subject to hydrolysis) is 1. The van der Waals surface area contributed by atoms with Crippen LogP contribution in [0.25, 0.3) is 0 Å². The molecular formula is C16H25N3O4. The van der Waals surface area contributed by atoms with Crippen LogP contribution in [0.15, 0.2) is 6.20 Å². The molecule has 0 radical (unpaired) electrons. The van der Waals surface area contributed by atoms with Crippen LogP contribution in [-0.4, -0.2) is 38.6 Å². The minimum atomic E-state index is -0.942. The first kappa shape index (κ1) is 17.3. The van der Waals surface area contributed by atoms with Crippen molar-refractivity contribution < 1.29 is 19.4 Å². The van der Waals surface area contributed by atoms with Gasteiger partial charge < -0.3 is 15.2 Å². The van der Waals surface area contributed by atoms with Gasteiger partial charge in [-0.25, -0.2) is 9.59 Å². The molecule has 0 atom stereocenters. The fraction of sp³-hybridized carbons (Fsp3) is 0.688. The normalized spacial score (nSPS) is 21.7. The molecule has 1 saturated carbocycles. The number of carboxylic acids is 1. The van der Waals surface area contributed by atoms with Gasteiger partial charge in [0.05, 0.1) is 11.9 Å². The first-order valence-corrected chi connectivity index (χ1v) is 7.92. The van der Waals surface area contributed by atoms with E-state index in [1.165, 1.54) is 6.20 Å². The SMILES string of the molecule is Cn1ncc(C(=O)O)c1C1CCC(NC(=O)OC(C)(C)C)CC1. The quantitative estimate of drug-likeness (QED) is 0.892. The summed E-state index contributed by atoms with van der Waals surface area (Å²) in [6.45, 7) is 5.50. The maximum Gasteiger partial charge on any atom is 0.407 e. The Hall–Kier alpha value is -2.05. The summed E-state index contributed by atoms with van der Waals surface area (Å²) in [5.74, 6) is -0.785. The summed E-state index contributed by atoms with van der Waals surface area (Å²) in [5.41, 5.74) is 0.538. The van der Waals surface area contributed by atoms with Gasteiger partial charge in [-0.2, -0.15) is 5.10 Å². The van der Waals surface area contributed by atoms with Gasteiger partial charge in [-0.1, -0.05) is 0 Å². The molecule has 1 aromatic heterocycles. The Morgan fingerprint density at radius 3 is 2.43 bits per heavy atom. The van der Waals surface area contributed by atoms with Crippen LogP contribution in [0.3, 0.4) is 0 Å². The lowest BCUT2D eigenvalue weighted by molar-refractivity contribution is 0.0491. The van der Waals surface area contributed by atoms with Crippen molar-refractivity contribution in [2.24, 2.45) is 7.05 Å². The number of carbonyl (C=O) groups excluding carboxylic acids is 1. The van der Waals surface area contributed by atoms with Crippen molar-refractivity contribution >= 4 is 12.1 Å². The Kier molecular flexibility index (Phi) is 4.97. The third-order valence-corrected chi connectivity index (χ3v) is 4.05. The number of rotatable bonds is 3. The van der Waals surface area contributed by atoms with E-state index in [-0.39, 0.29) is 17.5 Å². The topological polar surface area (TPSA) is 93.5 Å². The van der Waals surface area contributed by atoms with Crippen LogP contribution in [0.5, 0.6) is 0 Å². The van der Waals surface area contributed by atoms with Crippen molar-refractivity contribution in [1.29, 1.82) is 0 Å². The first-order valence-electron chi connectivity index (χ1n) is 7.92. The number of nitrogens with zero attached hydrogens (tertiary/aromatic N) is 2. The number of aromatic carboxylic acids is 1. The van der Waals surface area contributed by atoms with E-state index in [1.807, 2.05) is 20.8 Å². The van der Waals surface area contributed by atoms with Gasteiger partial charge in [-0.15, -0.1) is 0 Å². The molecule has 1 aromatic rings. The first-order chi connectivity index (χ1) is 10.7. The lowest BCUT2D eigenvalue weighted by Gasteiger charge is -2.30. The van der Waals surface area contributed by atoms with Crippen molar-refractivity contribution in [2.45, 2.75) is 64.0 Å². The number of nitrogens with one attached hydrogen (secondary N) is 1. The molecular weight excluding hydrogens is 298 g/mol. The highest BCUT2D eigenvalue weighted by Crippen LogP contribution is 2.34. The zero-order valence-electron chi connectivity index (χ0n) is 14.1. The summed E-state index contributed by atoms with van der Waals surface area (Å²) < 4.78 is 6.92. The molecule has 0 saturated heterocycles. The summed E-state index contributed by atoms with van der Waals surface area (Å²) in [5, 5.41) is 16.2. The highest BCUT2D eigenvalue weighted by atomic mass is 16.6. The predicted octanol–water partition coefficient (Wildman–Crippen LogP) is 2.67. The molecule has 7 nitrogen and oxygen atoms in total.